The van der Waals surface area contributed by atoms with Crippen molar-refractivity contribution in [3.8, 4) is 0 Å². The average molecular weight is 410 g/mol. The molecule has 2 aliphatic rings. The molecule has 0 saturated heterocycles. The van der Waals surface area contributed by atoms with E-state index in [1.807, 2.05) is 24.0 Å². The van der Waals surface area contributed by atoms with E-state index in [1.54, 1.807) is 0 Å². The zero-order chi connectivity index (χ0) is 21.1. The Morgan fingerprint density at radius 1 is 1.00 bits per heavy atom. The molecule has 0 unspecified atom stereocenters. The number of carbonyl (C=O) groups excluding carboxylic acids is 1. The molecule has 2 N–H and O–H groups in total. The molecule has 0 aliphatic heterocycles. The van der Waals surface area contributed by atoms with E-state index in [-0.39, 0.29) is 23.7 Å². The molecule has 0 radical (unpaired) electrons. The SMILES string of the molecule is Cc1ccc(C)c2[nH]c(=O)c(CN(C(=O)NC3CCCCC3)C3CCCCC3)cc12. The lowest BCUT2D eigenvalue weighted by atomic mass is 9.93. The van der Waals surface area contributed by atoms with Gasteiger partial charge < -0.3 is 15.2 Å². The number of carbonyl (C=O) groups is 1. The summed E-state index contributed by atoms with van der Waals surface area (Å²) < 4.78 is 0. The van der Waals surface area contributed by atoms with Crippen LogP contribution in [-0.4, -0.2) is 28.0 Å². The Morgan fingerprint density at radius 3 is 2.33 bits per heavy atom. The normalized spacial score (nSPS) is 18.5. The molecule has 5 heteroatoms. The zero-order valence-corrected chi connectivity index (χ0v) is 18.4. The number of H-pyrrole nitrogens is 1. The molecule has 0 bridgehead atoms. The van der Waals surface area contributed by atoms with Crippen LogP contribution in [0.5, 0.6) is 0 Å². The highest BCUT2D eigenvalue weighted by atomic mass is 16.2. The van der Waals surface area contributed by atoms with Gasteiger partial charge in [-0.2, -0.15) is 0 Å². The van der Waals surface area contributed by atoms with E-state index in [1.165, 1.54) is 25.7 Å². The first-order chi connectivity index (χ1) is 14.5. The molecule has 5 nitrogen and oxygen atoms in total. The van der Waals surface area contributed by atoms with Crippen molar-refractivity contribution < 1.29 is 4.79 Å². The Labute approximate surface area is 179 Å². The van der Waals surface area contributed by atoms with Crippen LogP contribution in [0.15, 0.2) is 23.0 Å². The third-order valence-corrected chi connectivity index (χ3v) is 7.07. The second kappa shape index (κ2) is 9.23. The van der Waals surface area contributed by atoms with Gasteiger partial charge in [-0.1, -0.05) is 50.7 Å². The number of hydrogen-bond acceptors (Lipinski definition) is 2. The highest BCUT2D eigenvalue weighted by molar-refractivity contribution is 5.85. The quantitative estimate of drug-likeness (QED) is 0.717. The standard InChI is InChI=1S/C25H35N3O2/c1-17-13-14-18(2)23-22(17)15-19(24(29)27-23)16-28(21-11-7-4-8-12-21)25(30)26-20-9-5-3-6-10-20/h13-15,20-21H,3-12,16H2,1-2H3,(H,26,30)(H,27,29). The summed E-state index contributed by atoms with van der Waals surface area (Å²) in [5.41, 5.74) is 3.71. The van der Waals surface area contributed by atoms with Crippen molar-refractivity contribution in [2.24, 2.45) is 0 Å². The Bertz CT molecular complexity index is 953. The van der Waals surface area contributed by atoms with Gasteiger partial charge in [-0.15, -0.1) is 0 Å². The van der Waals surface area contributed by atoms with Gasteiger partial charge in [0.1, 0.15) is 0 Å². The molecule has 0 atom stereocenters. The van der Waals surface area contributed by atoms with Crippen LogP contribution in [0, 0.1) is 13.8 Å². The number of pyridine rings is 1. The molecule has 2 amide bonds. The highest BCUT2D eigenvalue weighted by Crippen LogP contribution is 2.26. The van der Waals surface area contributed by atoms with Crippen LogP contribution in [0.4, 0.5) is 4.79 Å². The minimum Gasteiger partial charge on any atom is -0.335 e. The van der Waals surface area contributed by atoms with Gasteiger partial charge in [0.15, 0.2) is 0 Å². The maximum atomic E-state index is 13.3. The summed E-state index contributed by atoms with van der Waals surface area (Å²) in [4.78, 5) is 31.3. The molecule has 162 valence electrons. The topological polar surface area (TPSA) is 65.2 Å². The van der Waals surface area contributed by atoms with E-state index in [2.05, 4.69) is 23.3 Å². The van der Waals surface area contributed by atoms with Gasteiger partial charge in [-0.3, -0.25) is 4.79 Å². The largest absolute Gasteiger partial charge is 0.335 e. The molecule has 2 aromatic rings. The summed E-state index contributed by atoms with van der Waals surface area (Å²) in [6, 6.07) is 6.64. The number of amides is 2. The van der Waals surface area contributed by atoms with Crippen molar-refractivity contribution in [3.05, 3.63) is 45.2 Å². The Morgan fingerprint density at radius 2 is 1.63 bits per heavy atom. The van der Waals surface area contributed by atoms with Crippen LogP contribution in [0.25, 0.3) is 10.9 Å². The summed E-state index contributed by atoms with van der Waals surface area (Å²) in [5.74, 6) is 0. The summed E-state index contributed by atoms with van der Waals surface area (Å²) in [6.07, 6.45) is 11.4. The third kappa shape index (κ3) is 4.55. The molecule has 1 heterocycles. The van der Waals surface area contributed by atoms with Gasteiger partial charge in [-0.05, 0) is 56.7 Å². The van der Waals surface area contributed by atoms with Gasteiger partial charge in [0, 0.05) is 23.0 Å². The van der Waals surface area contributed by atoms with Crippen LogP contribution < -0.4 is 10.9 Å². The van der Waals surface area contributed by atoms with Crippen molar-refractivity contribution in [2.45, 2.75) is 96.7 Å². The van der Waals surface area contributed by atoms with Gasteiger partial charge in [0.05, 0.1) is 12.1 Å². The minimum absolute atomic E-state index is 0.00858. The number of benzene rings is 1. The number of urea groups is 1. The van der Waals surface area contributed by atoms with Gasteiger partial charge in [0.2, 0.25) is 0 Å². The van der Waals surface area contributed by atoms with Gasteiger partial charge in [0.25, 0.3) is 5.56 Å². The van der Waals surface area contributed by atoms with Crippen LogP contribution in [0.3, 0.4) is 0 Å². The fourth-order valence-electron chi connectivity index (χ4n) is 5.18. The first-order valence-corrected chi connectivity index (χ1v) is 11.7. The Balaban J connectivity index is 1.62. The first kappa shape index (κ1) is 21.0. The van der Waals surface area contributed by atoms with Crippen molar-refractivity contribution in [2.75, 3.05) is 0 Å². The predicted molar refractivity (Wildman–Crippen MR) is 122 cm³/mol. The maximum absolute atomic E-state index is 13.3. The number of aromatic amines is 1. The van der Waals surface area contributed by atoms with Gasteiger partial charge >= 0.3 is 6.03 Å². The second-order valence-corrected chi connectivity index (χ2v) is 9.32. The number of nitrogens with zero attached hydrogens (tertiary/aromatic N) is 1. The van der Waals surface area contributed by atoms with Crippen molar-refractivity contribution >= 4 is 16.9 Å². The number of hydrogen-bond donors (Lipinski definition) is 2. The van der Waals surface area contributed by atoms with Crippen LogP contribution in [0.2, 0.25) is 0 Å². The van der Waals surface area contributed by atoms with Crippen LogP contribution in [0.1, 0.15) is 80.9 Å². The Hall–Kier alpha value is -2.30. The van der Waals surface area contributed by atoms with E-state index >= 15 is 0 Å². The minimum atomic E-state index is -0.0810. The summed E-state index contributed by atoms with van der Waals surface area (Å²) in [6.45, 7) is 4.46. The lowest BCUT2D eigenvalue weighted by Gasteiger charge is -2.36. The number of nitrogens with one attached hydrogen (secondary N) is 2. The number of aromatic nitrogens is 1. The van der Waals surface area contributed by atoms with E-state index in [0.29, 0.717) is 12.1 Å². The van der Waals surface area contributed by atoms with E-state index in [9.17, 15) is 9.59 Å². The lowest BCUT2D eigenvalue weighted by Crippen LogP contribution is -2.50. The van der Waals surface area contributed by atoms with Crippen molar-refractivity contribution in [3.63, 3.8) is 0 Å². The molecule has 1 aromatic carbocycles. The van der Waals surface area contributed by atoms with E-state index in [0.717, 1.165) is 60.6 Å². The predicted octanol–water partition coefficient (Wildman–Crippen LogP) is 5.32. The molecular weight excluding hydrogens is 374 g/mol. The smallest absolute Gasteiger partial charge is 0.318 e. The first-order valence-electron chi connectivity index (χ1n) is 11.7. The lowest BCUT2D eigenvalue weighted by molar-refractivity contribution is 0.145. The number of rotatable bonds is 4. The molecule has 2 aliphatic carbocycles. The van der Waals surface area contributed by atoms with Crippen LogP contribution >= 0.6 is 0 Å². The van der Waals surface area contributed by atoms with Gasteiger partial charge in [-0.25, -0.2) is 4.79 Å². The molecule has 1 aromatic heterocycles. The summed E-state index contributed by atoms with van der Waals surface area (Å²) in [5, 5.41) is 4.36. The molecule has 2 fully saturated rings. The number of aryl methyl sites for hydroxylation is 2. The third-order valence-electron chi connectivity index (χ3n) is 7.07. The molecule has 2 saturated carbocycles. The fraction of sp³-hybridized carbons (Fsp3) is 0.600. The molecule has 0 spiro atoms. The van der Waals surface area contributed by atoms with Crippen LogP contribution in [-0.2, 0) is 6.54 Å². The van der Waals surface area contributed by atoms with E-state index < -0.39 is 0 Å². The van der Waals surface area contributed by atoms with Crippen molar-refractivity contribution in [1.82, 2.24) is 15.2 Å². The number of fused-ring (bicyclic) bond motifs is 1. The van der Waals surface area contributed by atoms with Crippen molar-refractivity contribution in [1.29, 1.82) is 0 Å². The average Bonchev–Trinajstić information content (AvgIpc) is 2.76. The molecular formula is C25H35N3O2. The highest BCUT2D eigenvalue weighted by Gasteiger charge is 2.28. The zero-order valence-electron chi connectivity index (χ0n) is 18.4. The summed E-state index contributed by atoms with van der Waals surface area (Å²) >= 11 is 0. The molecule has 4 rings (SSSR count). The monoisotopic (exact) mass is 409 g/mol. The molecule has 30 heavy (non-hydrogen) atoms. The maximum Gasteiger partial charge on any atom is 0.318 e. The van der Waals surface area contributed by atoms with E-state index in [4.69, 9.17) is 0 Å². The summed E-state index contributed by atoms with van der Waals surface area (Å²) in [7, 11) is 0. The second-order valence-electron chi connectivity index (χ2n) is 9.32. The fourth-order valence-corrected chi connectivity index (χ4v) is 5.18. The Kier molecular flexibility index (Phi) is 6.45.